The Morgan fingerprint density at radius 3 is 2.53 bits per heavy atom. The maximum atomic E-state index is 3.76. The van der Waals surface area contributed by atoms with Gasteiger partial charge >= 0.3 is 0 Å². The zero-order valence-electron chi connectivity index (χ0n) is 11.3. The van der Waals surface area contributed by atoms with Gasteiger partial charge in [-0.25, -0.2) is 0 Å². The summed E-state index contributed by atoms with van der Waals surface area (Å²) in [6, 6.07) is 1.57. The van der Waals surface area contributed by atoms with Crippen molar-refractivity contribution in [1.82, 2.24) is 10.2 Å². The van der Waals surface area contributed by atoms with Crippen LogP contribution in [0.3, 0.4) is 0 Å². The van der Waals surface area contributed by atoms with E-state index in [1.165, 1.54) is 64.6 Å². The molecule has 1 saturated heterocycles. The fraction of sp³-hybridized carbons (Fsp3) is 1.00. The summed E-state index contributed by atoms with van der Waals surface area (Å²) < 4.78 is 0. The lowest BCUT2D eigenvalue weighted by Gasteiger charge is -2.41. The van der Waals surface area contributed by atoms with Crippen LogP contribution in [0.25, 0.3) is 0 Å². The van der Waals surface area contributed by atoms with Crippen molar-refractivity contribution in [2.75, 3.05) is 19.6 Å². The van der Waals surface area contributed by atoms with Gasteiger partial charge in [-0.15, -0.1) is 0 Å². The van der Waals surface area contributed by atoms with Crippen LogP contribution >= 0.6 is 0 Å². The van der Waals surface area contributed by atoms with Gasteiger partial charge in [-0.05, 0) is 44.4 Å². The molecule has 0 amide bonds. The van der Waals surface area contributed by atoms with Gasteiger partial charge < -0.3 is 5.32 Å². The van der Waals surface area contributed by atoms with E-state index < -0.39 is 0 Å². The Bertz CT molecular complexity index is 243. The molecule has 3 rings (SSSR count). The Hall–Kier alpha value is -0.0800. The topological polar surface area (TPSA) is 15.3 Å². The van der Waals surface area contributed by atoms with Gasteiger partial charge in [0.1, 0.15) is 0 Å². The first-order valence-electron chi connectivity index (χ1n) is 7.80. The molecule has 2 saturated carbocycles. The van der Waals surface area contributed by atoms with E-state index in [1.54, 1.807) is 0 Å². The molecule has 0 aromatic heterocycles. The van der Waals surface area contributed by atoms with Gasteiger partial charge in [-0.3, -0.25) is 4.90 Å². The van der Waals surface area contributed by atoms with E-state index >= 15 is 0 Å². The van der Waals surface area contributed by atoms with Crippen LogP contribution in [0, 0.1) is 11.8 Å². The minimum absolute atomic E-state index is 0.756. The molecule has 0 bridgehead atoms. The predicted octanol–water partition coefficient (Wildman–Crippen LogP) is 2.64. The fourth-order valence-corrected chi connectivity index (χ4v) is 3.72. The fourth-order valence-electron chi connectivity index (χ4n) is 3.72. The number of hydrogen-bond donors (Lipinski definition) is 1. The van der Waals surface area contributed by atoms with Gasteiger partial charge in [0.2, 0.25) is 0 Å². The minimum Gasteiger partial charge on any atom is -0.311 e. The van der Waals surface area contributed by atoms with E-state index in [-0.39, 0.29) is 0 Å². The Morgan fingerprint density at radius 1 is 1.06 bits per heavy atom. The van der Waals surface area contributed by atoms with Crippen molar-refractivity contribution in [2.45, 2.75) is 64.0 Å². The molecular weight excluding hydrogens is 208 g/mol. The number of rotatable bonds is 3. The van der Waals surface area contributed by atoms with Gasteiger partial charge in [0.15, 0.2) is 0 Å². The van der Waals surface area contributed by atoms with Crippen molar-refractivity contribution < 1.29 is 0 Å². The zero-order valence-corrected chi connectivity index (χ0v) is 11.3. The standard InChI is InChI=1S/C15H28N2/c1-12-9-16-15(14-7-8-14)11-17(12)10-13-5-3-2-4-6-13/h12-16H,2-11H2,1H3. The summed E-state index contributed by atoms with van der Waals surface area (Å²) in [5.74, 6) is 2.01. The molecule has 3 aliphatic rings. The van der Waals surface area contributed by atoms with Crippen LogP contribution in [-0.2, 0) is 0 Å². The Kier molecular flexibility index (Phi) is 3.72. The average Bonchev–Trinajstić information content (AvgIpc) is 3.17. The molecule has 2 nitrogen and oxygen atoms in total. The second kappa shape index (κ2) is 5.27. The molecular formula is C15H28N2. The highest BCUT2D eigenvalue weighted by molar-refractivity contribution is 4.93. The van der Waals surface area contributed by atoms with Gasteiger partial charge in [0.05, 0.1) is 0 Å². The van der Waals surface area contributed by atoms with Crippen molar-refractivity contribution in [1.29, 1.82) is 0 Å². The third-order valence-electron chi connectivity index (χ3n) is 5.14. The normalized spacial score (nSPS) is 37.2. The maximum Gasteiger partial charge on any atom is 0.0224 e. The van der Waals surface area contributed by atoms with Crippen LogP contribution in [0.1, 0.15) is 51.9 Å². The highest BCUT2D eigenvalue weighted by atomic mass is 15.2. The molecule has 0 aromatic rings. The second-order valence-electron chi connectivity index (χ2n) is 6.66. The largest absolute Gasteiger partial charge is 0.311 e. The SMILES string of the molecule is CC1CNC(C2CC2)CN1CC1CCCCC1. The molecule has 2 heteroatoms. The minimum atomic E-state index is 0.756. The predicted molar refractivity (Wildman–Crippen MR) is 72.1 cm³/mol. The summed E-state index contributed by atoms with van der Waals surface area (Å²) in [7, 11) is 0. The smallest absolute Gasteiger partial charge is 0.0224 e. The van der Waals surface area contributed by atoms with Gasteiger partial charge in [0.25, 0.3) is 0 Å². The van der Waals surface area contributed by atoms with E-state index in [9.17, 15) is 0 Å². The van der Waals surface area contributed by atoms with E-state index in [0.717, 1.165) is 23.9 Å². The first-order chi connectivity index (χ1) is 8.33. The van der Waals surface area contributed by atoms with E-state index in [2.05, 4.69) is 17.1 Å². The van der Waals surface area contributed by atoms with Crippen LogP contribution in [0.2, 0.25) is 0 Å². The zero-order chi connectivity index (χ0) is 11.7. The molecule has 1 heterocycles. The van der Waals surface area contributed by atoms with Gasteiger partial charge in [-0.2, -0.15) is 0 Å². The summed E-state index contributed by atoms with van der Waals surface area (Å²) in [6.07, 6.45) is 10.4. The summed E-state index contributed by atoms with van der Waals surface area (Å²) in [5.41, 5.74) is 0. The van der Waals surface area contributed by atoms with E-state index in [0.29, 0.717) is 0 Å². The Labute approximate surface area is 106 Å². The molecule has 2 unspecified atom stereocenters. The van der Waals surface area contributed by atoms with Crippen molar-refractivity contribution in [3.05, 3.63) is 0 Å². The molecule has 2 atom stereocenters. The first kappa shape index (κ1) is 12.0. The molecule has 98 valence electrons. The summed E-state index contributed by atoms with van der Waals surface area (Å²) >= 11 is 0. The van der Waals surface area contributed by atoms with Crippen LogP contribution in [0.5, 0.6) is 0 Å². The lowest BCUT2D eigenvalue weighted by Crippen LogP contribution is -2.57. The average molecular weight is 236 g/mol. The number of nitrogens with zero attached hydrogens (tertiary/aromatic N) is 1. The summed E-state index contributed by atoms with van der Waals surface area (Å²) in [5, 5.41) is 3.76. The van der Waals surface area contributed by atoms with Crippen LogP contribution in [0.4, 0.5) is 0 Å². The molecule has 0 aromatic carbocycles. The summed E-state index contributed by atoms with van der Waals surface area (Å²) in [6.45, 7) is 6.32. The number of nitrogens with one attached hydrogen (secondary N) is 1. The van der Waals surface area contributed by atoms with Gasteiger partial charge in [-0.1, -0.05) is 19.3 Å². The highest BCUT2D eigenvalue weighted by Crippen LogP contribution is 2.34. The second-order valence-corrected chi connectivity index (χ2v) is 6.66. The first-order valence-corrected chi connectivity index (χ1v) is 7.80. The number of piperazine rings is 1. The Morgan fingerprint density at radius 2 is 1.82 bits per heavy atom. The molecule has 0 radical (unpaired) electrons. The monoisotopic (exact) mass is 236 g/mol. The third-order valence-corrected chi connectivity index (χ3v) is 5.14. The Balaban J connectivity index is 1.52. The third kappa shape index (κ3) is 3.03. The van der Waals surface area contributed by atoms with Gasteiger partial charge in [0, 0.05) is 31.7 Å². The molecule has 2 aliphatic carbocycles. The maximum absolute atomic E-state index is 3.76. The summed E-state index contributed by atoms with van der Waals surface area (Å²) in [4.78, 5) is 2.79. The molecule has 17 heavy (non-hydrogen) atoms. The van der Waals surface area contributed by atoms with Crippen molar-refractivity contribution in [2.24, 2.45) is 11.8 Å². The number of hydrogen-bond acceptors (Lipinski definition) is 2. The van der Waals surface area contributed by atoms with Crippen molar-refractivity contribution in [3.63, 3.8) is 0 Å². The van der Waals surface area contributed by atoms with E-state index in [1.807, 2.05) is 0 Å². The molecule has 0 spiro atoms. The molecule has 3 fully saturated rings. The lowest BCUT2D eigenvalue weighted by atomic mass is 9.88. The van der Waals surface area contributed by atoms with Crippen LogP contribution in [-0.4, -0.2) is 36.6 Å². The van der Waals surface area contributed by atoms with Crippen LogP contribution in [0.15, 0.2) is 0 Å². The van der Waals surface area contributed by atoms with Crippen LogP contribution < -0.4 is 5.32 Å². The molecule has 1 N–H and O–H groups in total. The van der Waals surface area contributed by atoms with Crippen molar-refractivity contribution >= 4 is 0 Å². The molecule has 1 aliphatic heterocycles. The lowest BCUT2D eigenvalue weighted by molar-refractivity contribution is 0.103. The highest BCUT2D eigenvalue weighted by Gasteiger charge is 2.36. The quantitative estimate of drug-likeness (QED) is 0.810. The van der Waals surface area contributed by atoms with Crippen molar-refractivity contribution in [3.8, 4) is 0 Å². The van der Waals surface area contributed by atoms with E-state index in [4.69, 9.17) is 0 Å².